The van der Waals surface area contributed by atoms with Crippen molar-refractivity contribution in [2.24, 2.45) is 0 Å². The number of hydrogen-bond acceptors (Lipinski definition) is 4. The molecule has 0 atom stereocenters. The second-order valence-electron chi connectivity index (χ2n) is 5.90. The van der Waals surface area contributed by atoms with Crippen LogP contribution in [0.5, 0.6) is 0 Å². The van der Waals surface area contributed by atoms with Crippen LogP contribution in [-0.2, 0) is 4.75 Å². The van der Waals surface area contributed by atoms with E-state index in [0.29, 0.717) is 0 Å². The molecular formula is C14H21NO2S2. The number of nitrogens with zero attached hydrogens (tertiary/aromatic N) is 1. The van der Waals surface area contributed by atoms with Crippen molar-refractivity contribution in [2.75, 3.05) is 6.26 Å². The van der Waals surface area contributed by atoms with Gasteiger partial charge in [0.25, 0.3) is 5.69 Å². The maximum Gasteiger partial charge on any atom is 0.270 e. The van der Waals surface area contributed by atoms with Crippen molar-refractivity contribution in [1.82, 2.24) is 0 Å². The molecule has 0 fully saturated rings. The first-order valence-corrected chi connectivity index (χ1v) is 8.13. The molecule has 5 heteroatoms. The molecule has 0 aliphatic carbocycles. The zero-order valence-corrected chi connectivity index (χ0v) is 13.9. The Kier molecular flexibility index (Phi) is 4.96. The van der Waals surface area contributed by atoms with Crippen LogP contribution >= 0.6 is 23.5 Å². The van der Waals surface area contributed by atoms with Gasteiger partial charge in [0.2, 0.25) is 0 Å². The lowest BCUT2D eigenvalue weighted by atomic mass is 10.0. The number of rotatable bonds is 4. The molecule has 1 aromatic rings. The average molecular weight is 299 g/mol. The summed E-state index contributed by atoms with van der Waals surface area (Å²) in [6.45, 7) is 10.5. The maximum atomic E-state index is 11.1. The Hall–Kier alpha value is -0.680. The fourth-order valence-corrected chi connectivity index (χ4v) is 2.99. The van der Waals surface area contributed by atoms with Crippen LogP contribution in [0.4, 0.5) is 5.69 Å². The van der Waals surface area contributed by atoms with Gasteiger partial charge in [-0.05, 0) is 31.7 Å². The van der Waals surface area contributed by atoms with E-state index >= 15 is 0 Å². The van der Waals surface area contributed by atoms with Gasteiger partial charge < -0.3 is 0 Å². The molecule has 0 amide bonds. The van der Waals surface area contributed by atoms with Crippen molar-refractivity contribution >= 4 is 29.2 Å². The summed E-state index contributed by atoms with van der Waals surface area (Å²) in [5.74, 6) is 0. The van der Waals surface area contributed by atoms with Crippen LogP contribution in [0.2, 0.25) is 0 Å². The highest BCUT2D eigenvalue weighted by atomic mass is 32.2. The number of nitro benzene ring substituents is 1. The normalized spacial score (nSPS) is 12.5. The van der Waals surface area contributed by atoms with Gasteiger partial charge in [-0.2, -0.15) is 11.8 Å². The monoisotopic (exact) mass is 299 g/mol. The molecule has 0 heterocycles. The summed E-state index contributed by atoms with van der Waals surface area (Å²) in [7, 11) is 0. The third kappa shape index (κ3) is 4.73. The first-order chi connectivity index (χ1) is 8.55. The van der Waals surface area contributed by atoms with Gasteiger partial charge in [0.15, 0.2) is 0 Å². The largest absolute Gasteiger partial charge is 0.270 e. The molecule has 0 saturated heterocycles. The summed E-state index contributed by atoms with van der Waals surface area (Å²) in [4.78, 5) is 11.7. The Balaban J connectivity index is 3.30. The molecular weight excluding hydrogens is 278 g/mol. The van der Waals surface area contributed by atoms with Gasteiger partial charge in [0, 0.05) is 26.5 Å². The van der Waals surface area contributed by atoms with Crippen LogP contribution in [-0.4, -0.2) is 15.9 Å². The zero-order chi connectivity index (χ0) is 14.8. The number of non-ortho nitro benzene ring substituents is 1. The van der Waals surface area contributed by atoms with Gasteiger partial charge in [-0.25, -0.2) is 0 Å². The van der Waals surface area contributed by atoms with Crippen LogP contribution < -0.4 is 0 Å². The topological polar surface area (TPSA) is 43.1 Å². The van der Waals surface area contributed by atoms with Crippen LogP contribution in [0, 0.1) is 10.1 Å². The first-order valence-electron chi connectivity index (χ1n) is 6.09. The lowest BCUT2D eigenvalue weighted by molar-refractivity contribution is -0.385. The molecule has 0 aliphatic heterocycles. The van der Waals surface area contributed by atoms with E-state index < -0.39 is 0 Å². The van der Waals surface area contributed by atoms with Gasteiger partial charge in [0.1, 0.15) is 0 Å². The highest BCUT2D eigenvalue weighted by Crippen LogP contribution is 2.40. The fraction of sp³-hybridized carbons (Fsp3) is 0.571. The third-order valence-corrected chi connectivity index (χ3v) is 5.07. The SMILES string of the molecule is CSC(C)(C)c1cc(SC(C)(C)C)cc([N+](=O)[O-])c1. The van der Waals surface area contributed by atoms with Crippen molar-refractivity contribution in [2.45, 2.75) is 49.0 Å². The molecule has 0 bridgehead atoms. The average Bonchev–Trinajstić information content (AvgIpc) is 2.26. The van der Waals surface area contributed by atoms with E-state index in [4.69, 9.17) is 0 Å². The molecule has 19 heavy (non-hydrogen) atoms. The van der Waals surface area contributed by atoms with Crippen LogP contribution in [0.3, 0.4) is 0 Å². The Morgan fingerprint density at radius 3 is 2.11 bits per heavy atom. The van der Waals surface area contributed by atoms with E-state index in [0.717, 1.165) is 10.5 Å². The maximum absolute atomic E-state index is 11.1. The molecule has 1 rings (SSSR count). The van der Waals surface area contributed by atoms with E-state index in [1.165, 1.54) is 0 Å². The highest BCUT2D eigenvalue weighted by Gasteiger charge is 2.24. The summed E-state index contributed by atoms with van der Waals surface area (Å²) in [5.41, 5.74) is 1.17. The molecule has 1 aromatic carbocycles. The molecule has 0 aliphatic rings. The number of hydrogen-bond donors (Lipinski definition) is 0. The second kappa shape index (κ2) is 5.75. The van der Waals surface area contributed by atoms with Crippen molar-refractivity contribution in [1.29, 1.82) is 0 Å². The molecule has 3 nitrogen and oxygen atoms in total. The quantitative estimate of drug-likeness (QED) is 0.441. The van der Waals surface area contributed by atoms with Gasteiger partial charge in [0.05, 0.1) is 4.92 Å². The number of nitro groups is 1. The van der Waals surface area contributed by atoms with Gasteiger partial charge in [-0.3, -0.25) is 10.1 Å². The Labute approximate surface area is 123 Å². The molecule has 0 radical (unpaired) electrons. The van der Waals surface area contributed by atoms with E-state index in [1.807, 2.05) is 6.26 Å². The smallest absolute Gasteiger partial charge is 0.258 e. The fourth-order valence-electron chi connectivity index (χ4n) is 1.57. The summed E-state index contributed by atoms with van der Waals surface area (Å²) in [6.07, 6.45) is 2.02. The minimum atomic E-state index is -0.313. The molecule has 0 N–H and O–H groups in total. The first kappa shape index (κ1) is 16.4. The van der Waals surface area contributed by atoms with Crippen LogP contribution in [0.1, 0.15) is 40.2 Å². The lowest BCUT2D eigenvalue weighted by Crippen LogP contribution is -2.13. The van der Waals surface area contributed by atoms with Gasteiger partial charge >= 0.3 is 0 Å². The van der Waals surface area contributed by atoms with Crippen LogP contribution in [0.15, 0.2) is 23.1 Å². The van der Waals surface area contributed by atoms with E-state index in [2.05, 4.69) is 40.7 Å². The Morgan fingerprint density at radius 1 is 1.11 bits per heavy atom. The summed E-state index contributed by atoms with van der Waals surface area (Å²) >= 11 is 3.35. The van der Waals surface area contributed by atoms with Crippen molar-refractivity contribution in [3.05, 3.63) is 33.9 Å². The summed E-state index contributed by atoms with van der Waals surface area (Å²) in [6, 6.07) is 5.42. The predicted octanol–water partition coefficient (Wildman–Crippen LogP) is 5.08. The number of thioether (sulfide) groups is 2. The Morgan fingerprint density at radius 2 is 1.68 bits per heavy atom. The van der Waals surface area contributed by atoms with E-state index in [1.54, 1.807) is 35.7 Å². The van der Waals surface area contributed by atoms with Crippen molar-refractivity contribution < 1.29 is 4.92 Å². The summed E-state index contributed by atoms with van der Waals surface area (Å²) < 4.78 is -0.0881. The van der Waals surface area contributed by atoms with E-state index in [-0.39, 0.29) is 20.1 Å². The van der Waals surface area contributed by atoms with E-state index in [9.17, 15) is 10.1 Å². The third-order valence-electron chi connectivity index (χ3n) is 2.73. The predicted molar refractivity (Wildman–Crippen MR) is 85.2 cm³/mol. The highest BCUT2D eigenvalue weighted by molar-refractivity contribution is 8.00. The van der Waals surface area contributed by atoms with Crippen LogP contribution in [0.25, 0.3) is 0 Å². The van der Waals surface area contributed by atoms with Crippen molar-refractivity contribution in [3.63, 3.8) is 0 Å². The molecule has 0 spiro atoms. The molecule has 0 saturated carbocycles. The standard InChI is InChI=1S/C14H21NO2S2/c1-13(2,3)19-12-8-10(14(4,5)18-6)7-11(9-12)15(16)17/h7-9H,1-6H3. The lowest BCUT2D eigenvalue weighted by Gasteiger charge is -2.24. The minimum Gasteiger partial charge on any atom is -0.258 e. The van der Waals surface area contributed by atoms with Crippen molar-refractivity contribution in [3.8, 4) is 0 Å². The van der Waals surface area contributed by atoms with Gasteiger partial charge in [-0.15, -0.1) is 11.8 Å². The summed E-state index contributed by atoms with van der Waals surface area (Å²) in [5, 5.41) is 11.1. The molecule has 0 aromatic heterocycles. The second-order valence-corrected chi connectivity index (χ2v) is 9.23. The van der Waals surface area contributed by atoms with Gasteiger partial charge in [-0.1, -0.05) is 20.8 Å². The molecule has 0 unspecified atom stereocenters. The Bertz CT molecular complexity index is 479. The minimum absolute atomic E-state index is 0.0377. The number of benzene rings is 1. The zero-order valence-electron chi connectivity index (χ0n) is 12.3. The molecule has 106 valence electrons.